The number of hydrogen-bond acceptors (Lipinski definition) is 5. The summed E-state index contributed by atoms with van der Waals surface area (Å²) in [5, 5.41) is 5.40. The van der Waals surface area contributed by atoms with Gasteiger partial charge in [-0.15, -0.1) is 0 Å². The van der Waals surface area contributed by atoms with Gasteiger partial charge in [-0.1, -0.05) is 30.3 Å². The molecular formula is C17H17N5O. The lowest BCUT2D eigenvalue weighted by Crippen LogP contribution is -2.36. The van der Waals surface area contributed by atoms with Gasteiger partial charge in [0.25, 0.3) is 0 Å². The molecule has 3 aromatic rings. The normalized spacial score (nSPS) is 15.6. The Morgan fingerprint density at radius 2 is 1.87 bits per heavy atom. The molecule has 1 aromatic carbocycles. The Morgan fingerprint density at radius 1 is 1.04 bits per heavy atom. The summed E-state index contributed by atoms with van der Waals surface area (Å²) in [6.45, 7) is 3.15. The van der Waals surface area contributed by atoms with Crippen LogP contribution in [0.2, 0.25) is 0 Å². The van der Waals surface area contributed by atoms with E-state index in [0.717, 1.165) is 48.7 Å². The van der Waals surface area contributed by atoms with Crippen molar-refractivity contribution in [3.63, 3.8) is 0 Å². The molecule has 0 atom stereocenters. The Balaban J connectivity index is 1.68. The van der Waals surface area contributed by atoms with Crippen LogP contribution in [0.3, 0.4) is 0 Å². The van der Waals surface area contributed by atoms with Crippen molar-refractivity contribution in [2.75, 3.05) is 31.2 Å². The van der Waals surface area contributed by atoms with Gasteiger partial charge in [0.2, 0.25) is 0 Å². The maximum absolute atomic E-state index is 5.41. The van der Waals surface area contributed by atoms with Crippen LogP contribution in [0, 0.1) is 0 Å². The number of hydrogen-bond donors (Lipinski definition) is 0. The van der Waals surface area contributed by atoms with Crippen molar-refractivity contribution < 1.29 is 4.74 Å². The van der Waals surface area contributed by atoms with Crippen molar-refractivity contribution in [2.24, 2.45) is 0 Å². The highest BCUT2D eigenvalue weighted by Gasteiger charge is 2.17. The molecule has 0 spiro atoms. The van der Waals surface area contributed by atoms with E-state index >= 15 is 0 Å². The van der Waals surface area contributed by atoms with E-state index in [0.29, 0.717) is 0 Å². The van der Waals surface area contributed by atoms with Crippen LogP contribution in [0.4, 0.5) is 5.82 Å². The number of aromatic nitrogens is 4. The molecule has 2 aromatic heterocycles. The summed E-state index contributed by atoms with van der Waals surface area (Å²) in [5.41, 5.74) is 1.94. The summed E-state index contributed by atoms with van der Waals surface area (Å²) in [6.07, 6.45) is 7.37. The maximum Gasteiger partial charge on any atom is 0.167 e. The van der Waals surface area contributed by atoms with Gasteiger partial charge >= 0.3 is 0 Å². The molecule has 1 fully saturated rings. The minimum absolute atomic E-state index is 0.730. The van der Waals surface area contributed by atoms with Gasteiger partial charge in [-0.05, 0) is 11.6 Å². The first kappa shape index (κ1) is 13.9. The van der Waals surface area contributed by atoms with E-state index in [1.165, 1.54) is 0 Å². The first-order chi connectivity index (χ1) is 11.4. The molecule has 0 amide bonds. The summed E-state index contributed by atoms with van der Waals surface area (Å²) in [7, 11) is 0. The Bertz CT molecular complexity index is 821. The fraction of sp³-hybridized carbons (Fsp3) is 0.235. The van der Waals surface area contributed by atoms with Crippen LogP contribution in [0.5, 0.6) is 0 Å². The van der Waals surface area contributed by atoms with E-state index in [9.17, 15) is 0 Å². The third-order valence-electron chi connectivity index (χ3n) is 3.89. The summed E-state index contributed by atoms with van der Waals surface area (Å²) >= 11 is 0. The maximum atomic E-state index is 5.41. The van der Waals surface area contributed by atoms with Gasteiger partial charge in [0.15, 0.2) is 5.65 Å². The standard InChI is InChI=1S/C17H17N5O/c1-2-4-14(5-3-1)6-7-22-17-15(12-20-22)16(18-13-19-17)21-8-10-23-11-9-21/h1-7,12-13H,8-11H2/b7-6+. The number of rotatable bonds is 3. The number of nitrogens with zero attached hydrogens (tertiary/aromatic N) is 5. The summed E-state index contributed by atoms with van der Waals surface area (Å²) in [4.78, 5) is 11.1. The highest BCUT2D eigenvalue weighted by Crippen LogP contribution is 2.23. The zero-order valence-electron chi connectivity index (χ0n) is 12.7. The van der Waals surface area contributed by atoms with Crippen LogP contribution in [0.1, 0.15) is 5.56 Å². The van der Waals surface area contributed by atoms with E-state index in [4.69, 9.17) is 4.74 Å². The molecular weight excluding hydrogens is 290 g/mol. The second kappa shape index (κ2) is 6.18. The molecule has 116 valence electrons. The van der Waals surface area contributed by atoms with Crippen molar-refractivity contribution in [1.82, 2.24) is 19.7 Å². The van der Waals surface area contributed by atoms with Crippen molar-refractivity contribution in [3.8, 4) is 0 Å². The monoisotopic (exact) mass is 307 g/mol. The van der Waals surface area contributed by atoms with Crippen LogP contribution in [0.25, 0.3) is 23.3 Å². The quantitative estimate of drug-likeness (QED) is 0.743. The Labute approximate surface area is 134 Å². The molecule has 1 saturated heterocycles. The average molecular weight is 307 g/mol. The van der Waals surface area contributed by atoms with E-state index < -0.39 is 0 Å². The van der Waals surface area contributed by atoms with Gasteiger partial charge in [-0.2, -0.15) is 5.10 Å². The summed E-state index contributed by atoms with van der Waals surface area (Å²) in [6, 6.07) is 10.1. The van der Waals surface area contributed by atoms with Crippen LogP contribution in [0.15, 0.2) is 42.9 Å². The number of benzene rings is 1. The number of morpholine rings is 1. The number of fused-ring (bicyclic) bond motifs is 1. The second-order valence-electron chi connectivity index (χ2n) is 5.35. The first-order valence-corrected chi connectivity index (χ1v) is 7.66. The molecule has 1 aliphatic heterocycles. The molecule has 0 N–H and O–H groups in total. The molecule has 0 bridgehead atoms. The summed E-state index contributed by atoms with van der Waals surface area (Å²) < 4.78 is 7.19. The molecule has 0 aliphatic carbocycles. The molecule has 6 nitrogen and oxygen atoms in total. The smallest absolute Gasteiger partial charge is 0.167 e. The molecule has 6 heteroatoms. The lowest BCUT2D eigenvalue weighted by atomic mass is 10.2. The van der Waals surface area contributed by atoms with Gasteiger partial charge < -0.3 is 9.64 Å². The largest absolute Gasteiger partial charge is 0.378 e. The van der Waals surface area contributed by atoms with E-state index in [-0.39, 0.29) is 0 Å². The lowest BCUT2D eigenvalue weighted by molar-refractivity contribution is 0.122. The number of ether oxygens (including phenoxy) is 1. The molecule has 4 rings (SSSR count). The first-order valence-electron chi connectivity index (χ1n) is 7.66. The van der Waals surface area contributed by atoms with Crippen LogP contribution >= 0.6 is 0 Å². The van der Waals surface area contributed by atoms with Gasteiger partial charge in [0.05, 0.1) is 24.8 Å². The van der Waals surface area contributed by atoms with Crippen molar-refractivity contribution in [1.29, 1.82) is 0 Å². The minimum Gasteiger partial charge on any atom is -0.378 e. The SMILES string of the molecule is C(=C\n1ncc2c(N3CCOCC3)ncnc21)/c1ccccc1. The Kier molecular flexibility index (Phi) is 3.73. The zero-order valence-corrected chi connectivity index (χ0v) is 12.7. The van der Waals surface area contributed by atoms with Crippen LogP contribution < -0.4 is 4.90 Å². The van der Waals surface area contributed by atoms with E-state index in [2.05, 4.69) is 32.1 Å². The third-order valence-corrected chi connectivity index (χ3v) is 3.89. The van der Waals surface area contributed by atoms with Crippen molar-refractivity contribution in [3.05, 3.63) is 48.4 Å². The molecule has 1 aliphatic rings. The minimum atomic E-state index is 0.730. The highest BCUT2D eigenvalue weighted by molar-refractivity contribution is 5.88. The van der Waals surface area contributed by atoms with Gasteiger partial charge in [-0.25, -0.2) is 14.6 Å². The van der Waals surface area contributed by atoms with Gasteiger partial charge in [0, 0.05) is 19.3 Å². The van der Waals surface area contributed by atoms with E-state index in [1.54, 1.807) is 11.0 Å². The van der Waals surface area contributed by atoms with Crippen molar-refractivity contribution in [2.45, 2.75) is 0 Å². The van der Waals surface area contributed by atoms with Crippen LogP contribution in [-0.4, -0.2) is 46.1 Å². The third kappa shape index (κ3) is 2.80. The van der Waals surface area contributed by atoms with E-state index in [1.807, 2.05) is 36.7 Å². The highest BCUT2D eigenvalue weighted by atomic mass is 16.5. The fourth-order valence-corrected chi connectivity index (χ4v) is 2.71. The molecule has 3 heterocycles. The second-order valence-corrected chi connectivity index (χ2v) is 5.35. The zero-order chi connectivity index (χ0) is 15.5. The predicted octanol–water partition coefficient (Wildman–Crippen LogP) is 2.29. The van der Waals surface area contributed by atoms with Gasteiger partial charge in [0.1, 0.15) is 12.1 Å². The summed E-state index contributed by atoms with van der Waals surface area (Å²) in [5.74, 6) is 0.928. The fourth-order valence-electron chi connectivity index (χ4n) is 2.71. The lowest BCUT2D eigenvalue weighted by Gasteiger charge is -2.27. The molecule has 23 heavy (non-hydrogen) atoms. The van der Waals surface area contributed by atoms with Crippen molar-refractivity contribution >= 4 is 29.1 Å². The predicted molar refractivity (Wildman–Crippen MR) is 90.0 cm³/mol. The average Bonchev–Trinajstić information content (AvgIpc) is 3.05. The molecule has 0 radical (unpaired) electrons. The number of anilines is 1. The Hall–Kier alpha value is -2.73. The molecule has 0 unspecified atom stereocenters. The van der Waals surface area contributed by atoms with Crippen LogP contribution in [-0.2, 0) is 4.74 Å². The topological polar surface area (TPSA) is 56.1 Å². The Morgan fingerprint density at radius 3 is 2.70 bits per heavy atom. The van der Waals surface area contributed by atoms with Gasteiger partial charge in [-0.3, -0.25) is 0 Å². The molecule has 0 saturated carbocycles.